The molecule has 1 aromatic carbocycles. The van der Waals surface area contributed by atoms with Gasteiger partial charge in [0, 0.05) is 26.3 Å². The van der Waals surface area contributed by atoms with Crippen LogP contribution in [-0.4, -0.2) is 45.0 Å². The van der Waals surface area contributed by atoms with Gasteiger partial charge in [-0.3, -0.25) is 0 Å². The molecule has 1 saturated heterocycles. The molecule has 0 aliphatic carbocycles. The van der Waals surface area contributed by atoms with Crippen LogP contribution in [0.4, 0.5) is 13.2 Å². The molecule has 0 amide bonds. The van der Waals surface area contributed by atoms with Crippen LogP contribution >= 0.6 is 24.0 Å². The predicted molar refractivity (Wildman–Crippen MR) is 109 cm³/mol. The summed E-state index contributed by atoms with van der Waals surface area (Å²) >= 11 is 0. The number of rotatable bonds is 8. The number of aliphatic imine (C=N–C) groups is 1. The molecule has 0 radical (unpaired) electrons. The second-order valence-corrected chi connectivity index (χ2v) is 6.03. The highest BCUT2D eigenvalue weighted by molar-refractivity contribution is 14.0. The second-order valence-electron chi connectivity index (χ2n) is 6.03. The van der Waals surface area contributed by atoms with Crippen molar-refractivity contribution < 1.29 is 22.6 Å². The van der Waals surface area contributed by atoms with Gasteiger partial charge in [0.1, 0.15) is 0 Å². The van der Waals surface area contributed by atoms with E-state index in [0.29, 0.717) is 37.8 Å². The molecule has 1 fully saturated rings. The predicted octanol–water partition coefficient (Wildman–Crippen LogP) is 3.57. The van der Waals surface area contributed by atoms with Gasteiger partial charge in [-0.25, -0.2) is 4.99 Å². The fourth-order valence-corrected chi connectivity index (χ4v) is 2.53. The summed E-state index contributed by atoms with van der Waals surface area (Å²) in [7, 11) is 0. The molecule has 27 heavy (non-hydrogen) atoms. The Labute approximate surface area is 175 Å². The van der Waals surface area contributed by atoms with Crippen LogP contribution in [0.25, 0.3) is 0 Å². The zero-order valence-corrected chi connectivity index (χ0v) is 17.7. The third-order valence-electron chi connectivity index (χ3n) is 3.87. The summed E-state index contributed by atoms with van der Waals surface area (Å²) in [5, 5.41) is 6.25. The monoisotopic (exact) mass is 501 g/mol. The lowest BCUT2D eigenvalue weighted by Crippen LogP contribution is -2.38. The third kappa shape index (κ3) is 9.11. The number of benzene rings is 1. The van der Waals surface area contributed by atoms with Gasteiger partial charge in [-0.15, -0.1) is 24.0 Å². The van der Waals surface area contributed by atoms with E-state index in [1.807, 2.05) is 6.92 Å². The van der Waals surface area contributed by atoms with E-state index < -0.39 is 11.7 Å². The van der Waals surface area contributed by atoms with Crippen molar-refractivity contribution in [2.75, 3.05) is 32.9 Å². The first-order chi connectivity index (χ1) is 12.5. The van der Waals surface area contributed by atoms with E-state index in [1.54, 1.807) is 6.07 Å². The van der Waals surface area contributed by atoms with Crippen LogP contribution in [0.15, 0.2) is 29.3 Å². The summed E-state index contributed by atoms with van der Waals surface area (Å²) in [6, 6.07) is 5.23. The zero-order chi connectivity index (χ0) is 18.8. The molecule has 0 saturated carbocycles. The van der Waals surface area contributed by atoms with Gasteiger partial charge < -0.3 is 20.1 Å². The van der Waals surface area contributed by atoms with Crippen LogP contribution in [0.2, 0.25) is 0 Å². The minimum absolute atomic E-state index is 0. The molecule has 1 aliphatic heterocycles. The Morgan fingerprint density at radius 1 is 1.33 bits per heavy atom. The number of nitrogens with one attached hydrogen (secondary N) is 2. The van der Waals surface area contributed by atoms with Gasteiger partial charge in [0.15, 0.2) is 5.96 Å². The molecule has 2 rings (SSSR count). The minimum Gasteiger partial charge on any atom is -0.379 e. The van der Waals surface area contributed by atoms with Gasteiger partial charge in [0.2, 0.25) is 0 Å². The van der Waals surface area contributed by atoms with E-state index in [2.05, 4.69) is 15.6 Å². The first kappa shape index (κ1) is 24.0. The molecule has 0 aromatic heterocycles. The molecule has 1 aromatic rings. The number of alkyl halides is 3. The summed E-state index contributed by atoms with van der Waals surface area (Å²) < 4.78 is 49.2. The number of ether oxygens (including phenoxy) is 2. The highest BCUT2D eigenvalue weighted by Gasteiger charge is 2.30. The summed E-state index contributed by atoms with van der Waals surface area (Å²) in [5.74, 6) is 0.578. The van der Waals surface area contributed by atoms with E-state index in [9.17, 15) is 13.2 Å². The third-order valence-corrected chi connectivity index (χ3v) is 3.87. The standard InChI is InChI=1S/C18H26F3N3O2.HI/c1-2-22-17(23-8-4-9-26-16-7-10-25-13-16)24-12-14-5-3-6-15(11-14)18(19,20)21;/h3,5-6,11,16H,2,4,7-10,12-13H2,1H3,(H2,22,23,24);1H. The van der Waals surface area contributed by atoms with Gasteiger partial charge >= 0.3 is 6.18 Å². The molecule has 2 N–H and O–H groups in total. The maximum atomic E-state index is 12.8. The summed E-state index contributed by atoms with van der Waals surface area (Å²) in [6.07, 6.45) is -2.40. The van der Waals surface area contributed by atoms with Crippen molar-refractivity contribution in [3.05, 3.63) is 35.4 Å². The smallest absolute Gasteiger partial charge is 0.379 e. The molecule has 9 heteroatoms. The number of halogens is 4. The number of nitrogens with zero attached hydrogens (tertiary/aromatic N) is 1. The fraction of sp³-hybridized carbons (Fsp3) is 0.611. The fourth-order valence-electron chi connectivity index (χ4n) is 2.53. The number of hydrogen-bond acceptors (Lipinski definition) is 3. The molecule has 1 heterocycles. The Morgan fingerprint density at radius 2 is 2.15 bits per heavy atom. The molecule has 154 valence electrons. The average Bonchev–Trinajstić information content (AvgIpc) is 3.12. The Bertz CT molecular complexity index is 579. The lowest BCUT2D eigenvalue weighted by Gasteiger charge is -2.13. The maximum absolute atomic E-state index is 12.8. The minimum atomic E-state index is -4.34. The summed E-state index contributed by atoms with van der Waals surface area (Å²) in [4.78, 5) is 4.35. The highest BCUT2D eigenvalue weighted by atomic mass is 127. The van der Waals surface area contributed by atoms with Crippen LogP contribution in [0.1, 0.15) is 30.9 Å². The van der Waals surface area contributed by atoms with Crippen LogP contribution in [0.5, 0.6) is 0 Å². The van der Waals surface area contributed by atoms with Crippen LogP contribution in [0, 0.1) is 0 Å². The normalized spacial score (nSPS) is 17.5. The van der Waals surface area contributed by atoms with Gasteiger partial charge in [-0.2, -0.15) is 13.2 Å². The van der Waals surface area contributed by atoms with Crippen molar-refractivity contribution in [1.29, 1.82) is 0 Å². The average molecular weight is 501 g/mol. The number of hydrogen-bond donors (Lipinski definition) is 2. The number of guanidine groups is 1. The first-order valence-electron chi connectivity index (χ1n) is 8.86. The van der Waals surface area contributed by atoms with Gasteiger partial charge in [0.05, 0.1) is 24.8 Å². The van der Waals surface area contributed by atoms with Crippen LogP contribution in [0.3, 0.4) is 0 Å². The molecule has 1 aliphatic rings. The molecule has 5 nitrogen and oxygen atoms in total. The van der Waals surface area contributed by atoms with Crippen LogP contribution < -0.4 is 10.6 Å². The Balaban J connectivity index is 0.00000364. The largest absolute Gasteiger partial charge is 0.416 e. The SMILES string of the molecule is CCNC(=NCc1cccc(C(F)(F)F)c1)NCCCOC1CCOC1.I. The van der Waals surface area contributed by atoms with Crippen molar-refractivity contribution in [3.63, 3.8) is 0 Å². The molecular weight excluding hydrogens is 474 g/mol. The Hall–Kier alpha value is -1.07. The lowest BCUT2D eigenvalue weighted by molar-refractivity contribution is -0.137. The van der Waals surface area contributed by atoms with Crippen molar-refractivity contribution in [3.8, 4) is 0 Å². The van der Waals surface area contributed by atoms with Gasteiger partial charge in [-0.05, 0) is 37.5 Å². The van der Waals surface area contributed by atoms with Gasteiger partial charge in [-0.1, -0.05) is 12.1 Å². The van der Waals surface area contributed by atoms with Crippen molar-refractivity contribution in [1.82, 2.24) is 10.6 Å². The molecule has 1 atom stereocenters. The summed E-state index contributed by atoms with van der Waals surface area (Å²) in [5.41, 5.74) is -0.141. The Kier molecular flexibility index (Phi) is 11.0. The van der Waals surface area contributed by atoms with E-state index in [4.69, 9.17) is 9.47 Å². The van der Waals surface area contributed by atoms with Gasteiger partial charge in [0.25, 0.3) is 0 Å². The quantitative estimate of drug-likeness (QED) is 0.248. The summed E-state index contributed by atoms with van der Waals surface area (Å²) in [6.45, 7) is 5.50. The molecule has 0 spiro atoms. The maximum Gasteiger partial charge on any atom is 0.416 e. The topological polar surface area (TPSA) is 54.9 Å². The Morgan fingerprint density at radius 3 is 2.81 bits per heavy atom. The van der Waals surface area contributed by atoms with E-state index in [0.717, 1.165) is 31.6 Å². The lowest BCUT2D eigenvalue weighted by atomic mass is 10.1. The van der Waals surface area contributed by atoms with E-state index >= 15 is 0 Å². The molecule has 0 bridgehead atoms. The van der Waals surface area contributed by atoms with Crippen molar-refractivity contribution in [2.24, 2.45) is 4.99 Å². The highest BCUT2D eigenvalue weighted by Crippen LogP contribution is 2.29. The first-order valence-corrected chi connectivity index (χ1v) is 8.86. The van der Waals surface area contributed by atoms with Crippen molar-refractivity contribution in [2.45, 2.75) is 38.6 Å². The van der Waals surface area contributed by atoms with Crippen LogP contribution in [-0.2, 0) is 22.2 Å². The van der Waals surface area contributed by atoms with E-state index in [1.165, 1.54) is 6.07 Å². The van der Waals surface area contributed by atoms with Crippen molar-refractivity contribution >= 4 is 29.9 Å². The van der Waals surface area contributed by atoms with E-state index in [-0.39, 0.29) is 36.6 Å². The molecule has 1 unspecified atom stereocenters. The molecular formula is C18H27F3IN3O2. The second kappa shape index (κ2) is 12.4. The zero-order valence-electron chi connectivity index (χ0n) is 15.3.